The molecule has 0 unspecified atom stereocenters. The van der Waals surface area contributed by atoms with E-state index >= 15 is 0 Å². The van der Waals surface area contributed by atoms with Crippen LogP contribution in [0.25, 0.3) is 22.6 Å². The van der Waals surface area contributed by atoms with Gasteiger partial charge in [-0.25, -0.2) is 9.37 Å². The van der Waals surface area contributed by atoms with E-state index in [1.807, 2.05) is 25.1 Å². The standard InChI is InChI=1S/C21H14ClFN2O2/c1-12-5-7-16(17(22)9-12)21-25-18-11-15(6-8-19(18)27-21)24-20(26)13-3-2-4-14(23)10-13/h2-11H,1H3,(H,24,26). The molecule has 27 heavy (non-hydrogen) atoms. The summed E-state index contributed by atoms with van der Waals surface area (Å²) in [5.41, 5.74) is 3.67. The SMILES string of the molecule is Cc1ccc(-c2nc3cc(NC(=O)c4cccc(F)c4)ccc3o2)c(Cl)c1. The normalized spacial score (nSPS) is 10.9. The van der Waals surface area contributed by atoms with Gasteiger partial charge in [-0.2, -0.15) is 0 Å². The summed E-state index contributed by atoms with van der Waals surface area (Å²) in [7, 11) is 0. The summed E-state index contributed by atoms with van der Waals surface area (Å²) in [6.45, 7) is 1.95. The number of benzene rings is 3. The lowest BCUT2D eigenvalue weighted by Crippen LogP contribution is -2.11. The molecule has 0 spiro atoms. The van der Waals surface area contributed by atoms with Gasteiger partial charge < -0.3 is 9.73 Å². The van der Waals surface area contributed by atoms with Crippen LogP contribution < -0.4 is 5.32 Å². The number of nitrogens with zero attached hydrogens (tertiary/aromatic N) is 1. The topological polar surface area (TPSA) is 55.1 Å². The Labute approximate surface area is 159 Å². The van der Waals surface area contributed by atoms with Gasteiger partial charge in [0.05, 0.1) is 10.6 Å². The second kappa shape index (κ2) is 6.85. The van der Waals surface area contributed by atoms with Crippen molar-refractivity contribution in [1.29, 1.82) is 0 Å². The number of aromatic nitrogens is 1. The number of amides is 1. The van der Waals surface area contributed by atoms with Crippen LogP contribution in [0.1, 0.15) is 15.9 Å². The van der Waals surface area contributed by atoms with Crippen LogP contribution in [0.15, 0.2) is 65.1 Å². The van der Waals surface area contributed by atoms with Gasteiger partial charge in [-0.1, -0.05) is 23.7 Å². The van der Waals surface area contributed by atoms with Crippen molar-refractivity contribution in [3.8, 4) is 11.5 Å². The van der Waals surface area contributed by atoms with Gasteiger partial charge in [-0.15, -0.1) is 0 Å². The maximum absolute atomic E-state index is 13.3. The highest BCUT2D eigenvalue weighted by Gasteiger charge is 2.13. The Morgan fingerprint density at radius 1 is 1.11 bits per heavy atom. The van der Waals surface area contributed by atoms with Crippen LogP contribution in [0.4, 0.5) is 10.1 Å². The van der Waals surface area contributed by atoms with Gasteiger partial charge in [0.25, 0.3) is 5.91 Å². The minimum Gasteiger partial charge on any atom is -0.436 e. The molecule has 4 rings (SSSR count). The number of hydrogen-bond donors (Lipinski definition) is 1. The van der Waals surface area contributed by atoms with E-state index in [9.17, 15) is 9.18 Å². The van der Waals surface area contributed by atoms with E-state index in [0.29, 0.717) is 33.3 Å². The number of carbonyl (C=O) groups excluding carboxylic acids is 1. The van der Waals surface area contributed by atoms with E-state index in [1.54, 1.807) is 24.3 Å². The van der Waals surface area contributed by atoms with Gasteiger partial charge in [-0.3, -0.25) is 4.79 Å². The Kier molecular flexibility index (Phi) is 4.38. The molecule has 0 aliphatic carbocycles. The molecular weight excluding hydrogens is 367 g/mol. The van der Waals surface area contributed by atoms with Crippen LogP contribution in [0.3, 0.4) is 0 Å². The first kappa shape index (κ1) is 17.2. The second-order valence-corrected chi connectivity index (χ2v) is 6.56. The lowest BCUT2D eigenvalue weighted by Gasteiger charge is -2.04. The first-order valence-corrected chi connectivity index (χ1v) is 8.61. The molecule has 0 radical (unpaired) electrons. The van der Waals surface area contributed by atoms with Gasteiger partial charge in [0.15, 0.2) is 5.58 Å². The maximum atomic E-state index is 13.3. The Balaban J connectivity index is 1.64. The first-order chi connectivity index (χ1) is 13.0. The summed E-state index contributed by atoms with van der Waals surface area (Å²) in [6, 6.07) is 16.2. The van der Waals surface area contributed by atoms with Crippen molar-refractivity contribution in [3.05, 3.63) is 82.6 Å². The van der Waals surface area contributed by atoms with Crippen molar-refractivity contribution >= 4 is 34.3 Å². The number of hydrogen-bond acceptors (Lipinski definition) is 3. The third-order valence-corrected chi connectivity index (χ3v) is 4.40. The fourth-order valence-corrected chi connectivity index (χ4v) is 3.06. The highest BCUT2D eigenvalue weighted by Crippen LogP contribution is 2.31. The lowest BCUT2D eigenvalue weighted by molar-refractivity contribution is 0.102. The van der Waals surface area contributed by atoms with E-state index in [1.165, 1.54) is 18.2 Å². The van der Waals surface area contributed by atoms with Crippen molar-refractivity contribution in [1.82, 2.24) is 4.98 Å². The van der Waals surface area contributed by atoms with E-state index in [4.69, 9.17) is 16.0 Å². The Morgan fingerprint density at radius 2 is 1.96 bits per heavy atom. The molecule has 0 saturated carbocycles. The van der Waals surface area contributed by atoms with Crippen LogP contribution in [0, 0.1) is 12.7 Å². The molecule has 0 saturated heterocycles. The van der Waals surface area contributed by atoms with Gasteiger partial charge in [0, 0.05) is 11.3 Å². The zero-order valence-corrected chi connectivity index (χ0v) is 15.0. The minimum absolute atomic E-state index is 0.238. The summed E-state index contributed by atoms with van der Waals surface area (Å²) in [5.74, 6) is -0.461. The molecule has 4 nitrogen and oxygen atoms in total. The van der Waals surface area contributed by atoms with Crippen LogP contribution >= 0.6 is 11.6 Å². The summed E-state index contributed by atoms with van der Waals surface area (Å²) >= 11 is 6.28. The van der Waals surface area contributed by atoms with E-state index in [0.717, 1.165) is 5.56 Å². The Bertz CT molecular complexity index is 1170. The third kappa shape index (κ3) is 3.55. The fraction of sp³-hybridized carbons (Fsp3) is 0.0476. The number of nitrogens with one attached hydrogen (secondary N) is 1. The molecule has 0 fully saturated rings. The monoisotopic (exact) mass is 380 g/mol. The second-order valence-electron chi connectivity index (χ2n) is 6.15. The highest BCUT2D eigenvalue weighted by atomic mass is 35.5. The van der Waals surface area contributed by atoms with Crippen LogP contribution in [0.5, 0.6) is 0 Å². The predicted molar refractivity (Wildman–Crippen MR) is 104 cm³/mol. The first-order valence-electron chi connectivity index (χ1n) is 8.23. The number of oxazole rings is 1. The quantitative estimate of drug-likeness (QED) is 0.485. The van der Waals surface area contributed by atoms with Crippen molar-refractivity contribution in [2.45, 2.75) is 6.92 Å². The number of anilines is 1. The maximum Gasteiger partial charge on any atom is 0.255 e. The highest BCUT2D eigenvalue weighted by molar-refractivity contribution is 6.33. The van der Waals surface area contributed by atoms with E-state index in [2.05, 4.69) is 10.3 Å². The van der Waals surface area contributed by atoms with E-state index < -0.39 is 11.7 Å². The third-order valence-electron chi connectivity index (χ3n) is 4.09. The molecule has 134 valence electrons. The summed E-state index contributed by atoms with van der Waals surface area (Å²) in [5, 5.41) is 3.29. The average Bonchev–Trinajstić information content (AvgIpc) is 3.04. The van der Waals surface area contributed by atoms with Gasteiger partial charge >= 0.3 is 0 Å². The predicted octanol–water partition coefficient (Wildman–Crippen LogP) is 5.85. The molecule has 6 heteroatoms. The zero-order chi connectivity index (χ0) is 19.0. The Hall–Kier alpha value is -3.18. The summed E-state index contributed by atoms with van der Waals surface area (Å²) in [6.07, 6.45) is 0. The van der Waals surface area contributed by atoms with Crippen LogP contribution in [0.2, 0.25) is 5.02 Å². The Morgan fingerprint density at radius 3 is 2.74 bits per heavy atom. The molecule has 0 atom stereocenters. The number of rotatable bonds is 3. The number of aryl methyl sites for hydroxylation is 1. The van der Waals surface area contributed by atoms with Crippen molar-refractivity contribution in [2.75, 3.05) is 5.32 Å². The molecule has 4 aromatic rings. The number of fused-ring (bicyclic) bond motifs is 1. The van der Waals surface area contributed by atoms with Crippen molar-refractivity contribution < 1.29 is 13.6 Å². The zero-order valence-electron chi connectivity index (χ0n) is 14.3. The number of halogens is 2. The summed E-state index contributed by atoms with van der Waals surface area (Å²) < 4.78 is 19.1. The van der Waals surface area contributed by atoms with Gasteiger partial charge in [0.2, 0.25) is 5.89 Å². The summed E-state index contributed by atoms with van der Waals surface area (Å²) in [4.78, 5) is 16.7. The molecule has 0 aliphatic rings. The fourth-order valence-electron chi connectivity index (χ4n) is 2.75. The molecule has 1 N–H and O–H groups in total. The van der Waals surface area contributed by atoms with E-state index in [-0.39, 0.29) is 5.56 Å². The number of carbonyl (C=O) groups is 1. The van der Waals surface area contributed by atoms with Crippen molar-refractivity contribution in [2.24, 2.45) is 0 Å². The molecule has 1 amide bonds. The molecule has 0 aliphatic heterocycles. The smallest absolute Gasteiger partial charge is 0.255 e. The van der Waals surface area contributed by atoms with Crippen LogP contribution in [-0.2, 0) is 0 Å². The average molecular weight is 381 g/mol. The van der Waals surface area contributed by atoms with Crippen molar-refractivity contribution in [3.63, 3.8) is 0 Å². The van der Waals surface area contributed by atoms with Gasteiger partial charge in [0.1, 0.15) is 11.3 Å². The molecule has 1 aromatic heterocycles. The molecule has 1 heterocycles. The van der Waals surface area contributed by atoms with Gasteiger partial charge in [-0.05, 0) is 61.0 Å². The van der Waals surface area contributed by atoms with Crippen LogP contribution in [-0.4, -0.2) is 10.9 Å². The largest absolute Gasteiger partial charge is 0.436 e. The minimum atomic E-state index is -0.464. The molecular formula is C21H14ClFN2O2. The molecule has 3 aromatic carbocycles. The lowest BCUT2D eigenvalue weighted by atomic mass is 10.1. The molecule has 0 bridgehead atoms.